The summed E-state index contributed by atoms with van der Waals surface area (Å²) in [5, 5.41) is 23.3. The lowest BCUT2D eigenvalue weighted by atomic mass is 10.0. The van der Waals surface area contributed by atoms with Crippen LogP contribution in [0, 0.1) is 0 Å². The van der Waals surface area contributed by atoms with E-state index in [1.54, 1.807) is 6.08 Å². The molecule has 2 atom stereocenters. The van der Waals surface area contributed by atoms with E-state index in [2.05, 4.69) is 31.3 Å². The highest BCUT2D eigenvalue weighted by atomic mass is 16.5. The second-order valence-electron chi connectivity index (χ2n) is 26.3. The maximum atomic E-state index is 12.5. The van der Waals surface area contributed by atoms with Gasteiger partial charge in [0, 0.05) is 12.8 Å². The number of unbranched alkanes of at least 4 members (excludes halogenated alkanes) is 59. The largest absolute Gasteiger partial charge is 0.466 e. The van der Waals surface area contributed by atoms with Crippen LogP contribution in [-0.2, 0) is 14.3 Å². The minimum absolute atomic E-state index is 0.0190. The van der Waals surface area contributed by atoms with Crippen LogP contribution in [0.15, 0.2) is 24.3 Å². The van der Waals surface area contributed by atoms with Gasteiger partial charge in [-0.1, -0.05) is 385 Å². The average molecular weight is 1170 g/mol. The van der Waals surface area contributed by atoms with Crippen molar-refractivity contribution in [2.45, 2.75) is 443 Å². The van der Waals surface area contributed by atoms with Gasteiger partial charge >= 0.3 is 5.97 Å². The molecule has 1 amide bonds. The van der Waals surface area contributed by atoms with Crippen LogP contribution in [0.1, 0.15) is 431 Å². The van der Waals surface area contributed by atoms with Crippen molar-refractivity contribution in [1.29, 1.82) is 0 Å². The summed E-state index contributed by atoms with van der Waals surface area (Å²) in [7, 11) is 0. The molecule has 0 spiro atoms. The number of esters is 1. The quantitative estimate of drug-likeness (QED) is 0.0320. The SMILES string of the molecule is CCCCCCCC/C=C\CCCCCCCCCCCC(=O)OCCCCCCCCCCCCCCCCCCCCCCCCCCCCCCC(=O)NC(CO)C(O)/C=C/CCCCCCCCCCCCCCCCCCC. The lowest BCUT2D eigenvalue weighted by molar-refractivity contribution is -0.143. The van der Waals surface area contributed by atoms with Crippen molar-refractivity contribution < 1.29 is 24.5 Å². The first-order chi connectivity index (χ1) is 41.0. The summed E-state index contributed by atoms with van der Waals surface area (Å²) >= 11 is 0. The molecule has 3 N–H and O–H groups in total. The van der Waals surface area contributed by atoms with Gasteiger partial charge < -0.3 is 20.3 Å². The number of amides is 1. The Labute approximate surface area is 520 Å². The van der Waals surface area contributed by atoms with Crippen LogP contribution in [0.25, 0.3) is 0 Å². The van der Waals surface area contributed by atoms with Gasteiger partial charge in [-0.2, -0.15) is 0 Å². The Balaban J connectivity index is 3.35. The molecule has 0 heterocycles. The molecule has 0 bridgehead atoms. The zero-order valence-electron chi connectivity index (χ0n) is 56.5. The summed E-state index contributed by atoms with van der Waals surface area (Å²) in [6, 6.07) is -0.626. The number of aliphatic hydroxyl groups is 2. The summed E-state index contributed by atoms with van der Waals surface area (Å²) in [5.74, 6) is -0.0416. The number of hydrogen-bond donors (Lipinski definition) is 3. The molecule has 0 aliphatic rings. The summed E-state index contributed by atoms with van der Waals surface area (Å²) in [6.45, 7) is 4.95. The van der Waals surface area contributed by atoms with Crippen LogP contribution in [0.2, 0.25) is 0 Å². The van der Waals surface area contributed by atoms with E-state index in [4.69, 9.17) is 4.74 Å². The maximum absolute atomic E-state index is 12.5. The monoisotopic (exact) mass is 1170 g/mol. The second-order valence-corrected chi connectivity index (χ2v) is 26.3. The Hall–Kier alpha value is -1.66. The molecule has 2 unspecified atom stereocenters. The Morgan fingerprint density at radius 1 is 0.325 bits per heavy atom. The normalized spacial score (nSPS) is 12.6. The number of hydrogen-bond acceptors (Lipinski definition) is 5. The van der Waals surface area contributed by atoms with Gasteiger partial charge in [0.25, 0.3) is 0 Å². The van der Waals surface area contributed by atoms with Gasteiger partial charge in [0.1, 0.15) is 0 Å². The molecule has 0 saturated heterocycles. The molecule has 0 radical (unpaired) electrons. The number of nitrogens with one attached hydrogen (secondary N) is 1. The second kappa shape index (κ2) is 72.8. The van der Waals surface area contributed by atoms with Crippen molar-refractivity contribution >= 4 is 11.9 Å². The molecule has 6 heteroatoms. The van der Waals surface area contributed by atoms with Crippen molar-refractivity contribution in [2.75, 3.05) is 13.2 Å². The number of ether oxygens (including phenoxy) is 1. The molecule has 0 aromatic rings. The topological polar surface area (TPSA) is 95.9 Å². The fourth-order valence-electron chi connectivity index (χ4n) is 12.2. The van der Waals surface area contributed by atoms with Crippen LogP contribution in [0.4, 0.5) is 0 Å². The third kappa shape index (κ3) is 69.3. The summed E-state index contributed by atoms with van der Waals surface area (Å²) in [6.07, 6.45) is 92.8. The molecular formula is C77H149NO5. The first-order valence-electron chi connectivity index (χ1n) is 38.1. The van der Waals surface area contributed by atoms with E-state index in [0.717, 1.165) is 38.5 Å². The van der Waals surface area contributed by atoms with Crippen molar-refractivity contribution in [2.24, 2.45) is 0 Å². The van der Waals surface area contributed by atoms with Gasteiger partial charge in [-0.3, -0.25) is 9.59 Å². The van der Waals surface area contributed by atoms with E-state index in [1.807, 2.05) is 6.08 Å². The van der Waals surface area contributed by atoms with Crippen molar-refractivity contribution in [3.63, 3.8) is 0 Å². The van der Waals surface area contributed by atoms with E-state index >= 15 is 0 Å². The molecule has 0 fully saturated rings. The standard InChI is InChI=1S/C77H149NO5/c1-3-5-7-9-11-13-15-17-19-21-33-37-41-45-49-53-57-61-65-69-75(80)74(73-79)78-76(81)70-66-62-58-54-50-46-42-38-35-31-29-27-25-23-24-26-28-30-32-36-40-44-48-52-56-60-64-68-72-83-77(82)71-67-63-59-55-51-47-43-39-34-22-20-18-16-14-12-10-8-6-4-2/h18,20,65,69,74-75,79-80H,3-17,19,21-64,66-68,70-73H2,1-2H3,(H,78,81)/b20-18-,69-65+. The first kappa shape index (κ1) is 81.3. The molecule has 0 aliphatic carbocycles. The lowest BCUT2D eigenvalue weighted by Crippen LogP contribution is -2.45. The number of carbonyl (C=O) groups is 2. The third-order valence-corrected chi connectivity index (χ3v) is 18.0. The van der Waals surface area contributed by atoms with Crippen LogP contribution < -0.4 is 5.32 Å². The molecule has 6 nitrogen and oxygen atoms in total. The Bertz CT molecular complexity index is 1300. The predicted octanol–water partition coefficient (Wildman–Crippen LogP) is 24.9. The minimum atomic E-state index is -0.843. The molecule has 0 aliphatic heterocycles. The van der Waals surface area contributed by atoms with Gasteiger partial charge in [-0.15, -0.1) is 0 Å². The Morgan fingerprint density at radius 2 is 0.566 bits per heavy atom. The maximum Gasteiger partial charge on any atom is 0.305 e. The number of carbonyl (C=O) groups excluding carboxylic acids is 2. The van der Waals surface area contributed by atoms with E-state index < -0.39 is 12.1 Å². The van der Waals surface area contributed by atoms with Crippen LogP contribution in [0.3, 0.4) is 0 Å². The Morgan fingerprint density at radius 3 is 0.855 bits per heavy atom. The van der Waals surface area contributed by atoms with Crippen molar-refractivity contribution in [1.82, 2.24) is 5.32 Å². The smallest absolute Gasteiger partial charge is 0.305 e. The highest BCUT2D eigenvalue weighted by molar-refractivity contribution is 5.76. The van der Waals surface area contributed by atoms with Crippen LogP contribution in [0.5, 0.6) is 0 Å². The summed E-state index contributed by atoms with van der Waals surface area (Å²) in [5.41, 5.74) is 0. The van der Waals surface area contributed by atoms with E-state index in [0.29, 0.717) is 19.4 Å². The van der Waals surface area contributed by atoms with Crippen molar-refractivity contribution in [3.05, 3.63) is 24.3 Å². The Kier molecular flexibility index (Phi) is 71.4. The third-order valence-electron chi connectivity index (χ3n) is 18.0. The van der Waals surface area contributed by atoms with E-state index in [-0.39, 0.29) is 18.5 Å². The number of allylic oxidation sites excluding steroid dienone is 3. The fourth-order valence-corrected chi connectivity index (χ4v) is 12.2. The van der Waals surface area contributed by atoms with Gasteiger partial charge in [-0.25, -0.2) is 0 Å². The van der Waals surface area contributed by atoms with Gasteiger partial charge in [-0.05, 0) is 57.8 Å². The predicted molar refractivity (Wildman–Crippen MR) is 366 cm³/mol. The van der Waals surface area contributed by atoms with E-state index in [9.17, 15) is 19.8 Å². The zero-order chi connectivity index (χ0) is 59.9. The van der Waals surface area contributed by atoms with E-state index in [1.165, 1.54) is 366 Å². The average Bonchev–Trinajstić information content (AvgIpc) is 3.49. The summed E-state index contributed by atoms with van der Waals surface area (Å²) < 4.78 is 5.52. The van der Waals surface area contributed by atoms with Crippen molar-refractivity contribution in [3.8, 4) is 0 Å². The molecule has 0 aromatic heterocycles. The number of aliphatic hydroxyl groups excluding tert-OH is 2. The fraction of sp³-hybridized carbons (Fsp3) is 0.922. The van der Waals surface area contributed by atoms with Gasteiger partial charge in [0.15, 0.2) is 0 Å². The highest BCUT2D eigenvalue weighted by Gasteiger charge is 2.18. The first-order valence-corrected chi connectivity index (χ1v) is 38.1. The van der Waals surface area contributed by atoms with Gasteiger partial charge in [0.2, 0.25) is 5.91 Å². The molecular weight excluding hydrogens is 1020 g/mol. The molecule has 0 saturated carbocycles. The zero-order valence-corrected chi connectivity index (χ0v) is 56.5. The minimum Gasteiger partial charge on any atom is -0.466 e. The van der Waals surface area contributed by atoms with Crippen LogP contribution >= 0.6 is 0 Å². The van der Waals surface area contributed by atoms with Crippen LogP contribution in [-0.4, -0.2) is 47.4 Å². The molecule has 0 aromatic carbocycles. The molecule has 492 valence electrons. The summed E-state index contributed by atoms with van der Waals surface area (Å²) in [4.78, 5) is 24.7. The van der Waals surface area contributed by atoms with Gasteiger partial charge in [0.05, 0.1) is 25.4 Å². The molecule has 0 rings (SSSR count). The molecule has 83 heavy (non-hydrogen) atoms. The highest BCUT2D eigenvalue weighted by Crippen LogP contribution is 2.19. The lowest BCUT2D eigenvalue weighted by Gasteiger charge is -2.20. The number of rotatable bonds is 72.